The van der Waals surface area contributed by atoms with Gasteiger partial charge in [-0.3, -0.25) is 9.59 Å². The summed E-state index contributed by atoms with van der Waals surface area (Å²) in [6.07, 6.45) is 2.45. The number of benzene rings is 1. The van der Waals surface area contributed by atoms with Crippen LogP contribution < -0.4 is 4.74 Å². The number of methoxy groups -OCH3 is 1. The molecule has 154 valence electrons. The van der Waals surface area contributed by atoms with E-state index in [-0.39, 0.29) is 11.8 Å². The van der Waals surface area contributed by atoms with Crippen LogP contribution >= 0.6 is 0 Å². The van der Waals surface area contributed by atoms with Gasteiger partial charge in [0.1, 0.15) is 5.75 Å². The first kappa shape index (κ1) is 20.6. The fourth-order valence-corrected chi connectivity index (χ4v) is 3.86. The van der Waals surface area contributed by atoms with Crippen LogP contribution in [0.3, 0.4) is 0 Å². The molecule has 0 aliphatic carbocycles. The molecule has 2 aliphatic rings. The Balaban J connectivity index is 1.46. The Labute approximate surface area is 166 Å². The van der Waals surface area contributed by atoms with Crippen molar-refractivity contribution in [3.05, 3.63) is 29.8 Å². The van der Waals surface area contributed by atoms with Gasteiger partial charge in [0.25, 0.3) is 0 Å². The Hall–Kier alpha value is -2.12. The van der Waals surface area contributed by atoms with Crippen LogP contribution in [-0.2, 0) is 25.5 Å². The molecule has 2 heterocycles. The van der Waals surface area contributed by atoms with Gasteiger partial charge in [0.05, 0.1) is 20.3 Å². The van der Waals surface area contributed by atoms with Crippen molar-refractivity contribution >= 4 is 11.8 Å². The van der Waals surface area contributed by atoms with E-state index in [1.165, 1.54) is 0 Å². The second kappa shape index (κ2) is 9.39. The number of carbonyl (C=O) groups is 2. The monoisotopic (exact) mass is 390 g/mol. The number of amides is 2. The number of carbonyl (C=O) groups excluding carboxylic acids is 2. The Morgan fingerprint density at radius 1 is 1.14 bits per heavy atom. The van der Waals surface area contributed by atoms with Crippen molar-refractivity contribution in [1.82, 2.24) is 9.80 Å². The van der Waals surface area contributed by atoms with Crippen LogP contribution in [0.1, 0.15) is 31.7 Å². The number of piperidine rings is 1. The predicted octanol–water partition coefficient (Wildman–Crippen LogP) is 1.84. The quantitative estimate of drug-likeness (QED) is 0.711. The molecular weight excluding hydrogens is 360 g/mol. The van der Waals surface area contributed by atoms with Crippen molar-refractivity contribution in [1.29, 1.82) is 0 Å². The van der Waals surface area contributed by atoms with Crippen molar-refractivity contribution in [3.63, 3.8) is 0 Å². The smallest absolute Gasteiger partial charge is 0.224 e. The first-order chi connectivity index (χ1) is 13.5. The average molecular weight is 390 g/mol. The molecule has 1 aromatic rings. The lowest BCUT2D eigenvalue weighted by molar-refractivity contribution is -0.187. The van der Waals surface area contributed by atoms with Gasteiger partial charge in [0.2, 0.25) is 11.8 Å². The summed E-state index contributed by atoms with van der Waals surface area (Å²) in [5.41, 5.74) is 1.06. The molecule has 0 N–H and O–H groups in total. The van der Waals surface area contributed by atoms with Gasteiger partial charge in [0.15, 0.2) is 5.79 Å². The standard InChI is InChI=1S/C21H30N2O5/c1-17(24)22(11-7-18-5-3-4-6-19(18)26-2)12-8-20(25)23-13-9-21(10-14-23)27-15-16-28-21/h3-6H,7-16H2,1-2H3. The SMILES string of the molecule is COc1ccccc1CCN(CCC(=O)N1CCC2(CC1)OCCO2)C(C)=O. The van der Waals surface area contributed by atoms with Gasteiger partial charge in [-0.1, -0.05) is 18.2 Å². The van der Waals surface area contributed by atoms with Crippen molar-refractivity contribution in [3.8, 4) is 5.75 Å². The van der Waals surface area contributed by atoms with Gasteiger partial charge in [-0.2, -0.15) is 0 Å². The molecule has 7 heteroatoms. The third-order valence-electron chi connectivity index (χ3n) is 5.58. The van der Waals surface area contributed by atoms with Crippen molar-refractivity contribution in [2.24, 2.45) is 0 Å². The van der Waals surface area contributed by atoms with Gasteiger partial charge >= 0.3 is 0 Å². The van der Waals surface area contributed by atoms with E-state index in [9.17, 15) is 9.59 Å². The van der Waals surface area contributed by atoms with Crippen molar-refractivity contribution in [2.45, 2.75) is 38.4 Å². The lowest BCUT2D eigenvalue weighted by Gasteiger charge is -2.37. The Morgan fingerprint density at radius 3 is 2.46 bits per heavy atom. The molecule has 2 amide bonds. The van der Waals surface area contributed by atoms with E-state index in [0.717, 1.165) is 11.3 Å². The molecule has 0 aromatic heterocycles. The van der Waals surface area contributed by atoms with E-state index in [0.29, 0.717) is 65.1 Å². The maximum absolute atomic E-state index is 12.6. The molecule has 0 bridgehead atoms. The Morgan fingerprint density at radius 2 is 1.82 bits per heavy atom. The minimum absolute atomic E-state index is 0.0203. The molecule has 2 saturated heterocycles. The summed E-state index contributed by atoms with van der Waals surface area (Å²) in [5.74, 6) is 0.404. The normalized spacial score (nSPS) is 18.3. The first-order valence-electron chi connectivity index (χ1n) is 9.96. The zero-order valence-corrected chi connectivity index (χ0v) is 16.8. The number of ether oxygens (including phenoxy) is 3. The highest BCUT2D eigenvalue weighted by atomic mass is 16.7. The summed E-state index contributed by atoms with van der Waals surface area (Å²) >= 11 is 0. The van der Waals surface area contributed by atoms with Gasteiger partial charge in [0, 0.05) is 52.4 Å². The molecule has 2 aliphatic heterocycles. The molecule has 3 rings (SSSR count). The lowest BCUT2D eigenvalue weighted by Crippen LogP contribution is -2.48. The molecule has 1 aromatic carbocycles. The highest BCUT2D eigenvalue weighted by Gasteiger charge is 2.40. The van der Waals surface area contributed by atoms with Gasteiger partial charge in [-0.25, -0.2) is 0 Å². The summed E-state index contributed by atoms with van der Waals surface area (Å²) < 4.78 is 16.8. The minimum Gasteiger partial charge on any atom is -0.496 e. The molecular formula is C21H30N2O5. The molecule has 0 saturated carbocycles. The second-order valence-electron chi connectivity index (χ2n) is 7.31. The number of likely N-dealkylation sites (tertiary alicyclic amines) is 1. The average Bonchev–Trinajstić information content (AvgIpc) is 3.16. The van der Waals surface area contributed by atoms with E-state index in [2.05, 4.69) is 0 Å². The van der Waals surface area contributed by atoms with E-state index in [1.54, 1.807) is 18.9 Å². The minimum atomic E-state index is -0.475. The van der Waals surface area contributed by atoms with E-state index >= 15 is 0 Å². The van der Waals surface area contributed by atoms with Crippen LogP contribution in [-0.4, -0.2) is 73.9 Å². The van der Waals surface area contributed by atoms with Crippen LogP contribution in [0.5, 0.6) is 5.75 Å². The van der Waals surface area contributed by atoms with E-state index < -0.39 is 5.79 Å². The molecule has 0 unspecified atom stereocenters. The zero-order chi connectivity index (χ0) is 20.0. The molecule has 1 spiro atoms. The maximum atomic E-state index is 12.6. The first-order valence-corrected chi connectivity index (χ1v) is 9.96. The van der Waals surface area contributed by atoms with Crippen molar-refractivity contribution < 1.29 is 23.8 Å². The van der Waals surface area contributed by atoms with Gasteiger partial charge < -0.3 is 24.0 Å². The highest BCUT2D eigenvalue weighted by molar-refractivity contribution is 5.78. The second-order valence-corrected chi connectivity index (χ2v) is 7.31. The van der Waals surface area contributed by atoms with Crippen LogP contribution in [0.15, 0.2) is 24.3 Å². The van der Waals surface area contributed by atoms with Crippen LogP contribution in [0.4, 0.5) is 0 Å². The number of hydrogen-bond acceptors (Lipinski definition) is 5. The summed E-state index contributed by atoms with van der Waals surface area (Å²) in [4.78, 5) is 28.2. The van der Waals surface area contributed by atoms with Crippen molar-refractivity contribution in [2.75, 3.05) is 46.5 Å². The number of hydrogen-bond donors (Lipinski definition) is 0. The van der Waals surface area contributed by atoms with E-state index in [4.69, 9.17) is 14.2 Å². The number of nitrogens with zero attached hydrogens (tertiary/aromatic N) is 2. The van der Waals surface area contributed by atoms with Crippen LogP contribution in [0.25, 0.3) is 0 Å². The fraction of sp³-hybridized carbons (Fsp3) is 0.619. The summed E-state index contributed by atoms with van der Waals surface area (Å²) in [5, 5.41) is 0. The van der Waals surface area contributed by atoms with E-state index in [1.807, 2.05) is 29.2 Å². The topological polar surface area (TPSA) is 68.3 Å². The van der Waals surface area contributed by atoms with Gasteiger partial charge in [-0.15, -0.1) is 0 Å². The van der Waals surface area contributed by atoms with Gasteiger partial charge in [-0.05, 0) is 18.1 Å². The van der Waals surface area contributed by atoms with Crippen LogP contribution in [0.2, 0.25) is 0 Å². The molecule has 0 atom stereocenters. The third-order valence-corrected chi connectivity index (χ3v) is 5.58. The molecule has 28 heavy (non-hydrogen) atoms. The molecule has 2 fully saturated rings. The molecule has 0 radical (unpaired) electrons. The summed E-state index contributed by atoms with van der Waals surface area (Å²) in [6.45, 7) is 5.08. The summed E-state index contributed by atoms with van der Waals surface area (Å²) in [6, 6.07) is 7.80. The maximum Gasteiger partial charge on any atom is 0.224 e. The highest BCUT2D eigenvalue weighted by Crippen LogP contribution is 2.31. The zero-order valence-electron chi connectivity index (χ0n) is 16.8. The summed E-state index contributed by atoms with van der Waals surface area (Å²) in [7, 11) is 1.64. The lowest BCUT2D eigenvalue weighted by atomic mass is 10.0. The Bertz CT molecular complexity index is 677. The number of para-hydroxylation sites is 1. The largest absolute Gasteiger partial charge is 0.496 e. The fourth-order valence-electron chi connectivity index (χ4n) is 3.86. The third kappa shape index (κ3) is 5.02. The predicted molar refractivity (Wildman–Crippen MR) is 104 cm³/mol. The number of rotatable bonds is 7. The molecule has 7 nitrogen and oxygen atoms in total. The Kier molecular flexibility index (Phi) is 6.91. The van der Waals surface area contributed by atoms with Crippen LogP contribution in [0, 0.1) is 0 Å².